The van der Waals surface area contributed by atoms with Crippen LogP contribution < -0.4 is 11.2 Å². The van der Waals surface area contributed by atoms with Crippen LogP contribution in [0.15, 0.2) is 33.9 Å². The van der Waals surface area contributed by atoms with Crippen molar-refractivity contribution >= 4 is 23.2 Å². The molecule has 0 unspecified atom stereocenters. The Morgan fingerprint density at radius 3 is 2.38 bits per heavy atom. The van der Waals surface area contributed by atoms with Gasteiger partial charge >= 0.3 is 5.69 Å². The summed E-state index contributed by atoms with van der Waals surface area (Å²) in [6, 6.07) is 6.06. The van der Waals surface area contributed by atoms with Crippen molar-refractivity contribution in [3.05, 3.63) is 55.1 Å². The van der Waals surface area contributed by atoms with Gasteiger partial charge in [-0.25, -0.2) is 4.79 Å². The Labute approximate surface area is 99.9 Å². The van der Waals surface area contributed by atoms with E-state index in [1.54, 1.807) is 12.1 Å². The first kappa shape index (κ1) is 11.0. The fourth-order valence-electron chi connectivity index (χ4n) is 1.32. The predicted molar refractivity (Wildman–Crippen MR) is 63.1 cm³/mol. The zero-order valence-electron chi connectivity index (χ0n) is 7.88. The average molecular weight is 257 g/mol. The van der Waals surface area contributed by atoms with Crippen molar-refractivity contribution in [1.82, 2.24) is 9.97 Å². The van der Waals surface area contributed by atoms with Gasteiger partial charge in [-0.05, 0) is 18.2 Å². The summed E-state index contributed by atoms with van der Waals surface area (Å²) in [5, 5.41) is 0.856. The van der Waals surface area contributed by atoms with Crippen LogP contribution in [0.3, 0.4) is 0 Å². The smallest absolute Gasteiger partial charge is 0.307 e. The van der Waals surface area contributed by atoms with Gasteiger partial charge in [0.15, 0.2) is 0 Å². The van der Waals surface area contributed by atoms with E-state index in [1.807, 2.05) is 0 Å². The molecule has 82 valence electrons. The normalized spacial score (nSPS) is 10.4. The average Bonchev–Trinajstić information content (AvgIpc) is 2.15. The van der Waals surface area contributed by atoms with Crippen molar-refractivity contribution in [1.29, 1.82) is 0 Å². The number of rotatable bonds is 1. The van der Waals surface area contributed by atoms with Crippen LogP contribution in [-0.2, 0) is 0 Å². The number of aromatic nitrogens is 2. The minimum absolute atomic E-state index is 0.357. The van der Waals surface area contributed by atoms with Gasteiger partial charge in [-0.15, -0.1) is 0 Å². The molecule has 0 aliphatic heterocycles. The summed E-state index contributed by atoms with van der Waals surface area (Å²) in [6.45, 7) is 0. The number of hydrogen-bond acceptors (Lipinski definition) is 2. The standard InChI is InChI=1S/C10H6Cl2N2O2/c11-5-1-2-6(7(12)3-5)8-4-9(15)14-10(16)13-8/h1-4H,(H2,13,14,15,16). The quantitative estimate of drug-likeness (QED) is 0.820. The maximum absolute atomic E-state index is 11.1. The van der Waals surface area contributed by atoms with Crippen LogP contribution in [0.5, 0.6) is 0 Å². The Kier molecular flexibility index (Phi) is 2.85. The van der Waals surface area contributed by atoms with Crippen molar-refractivity contribution in [2.75, 3.05) is 0 Å². The second-order valence-corrected chi connectivity index (χ2v) is 3.97. The van der Waals surface area contributed by atoms with E-state index in [1.165, 1.54) is 12.1 Å². The molecule has 0 spiro atoms. The lowest BCUT2D eigenvalue weighted by molar-refractivity contribution is 1.04. The predicted octanol–water partition coefficient (Wildman–Crippen LogP) is 2.04. The molecule has 2 rings (SSSR count). The second kappa shape index (κ2) is 4.15. The summed E-state index contributed by atoms with van der Waals surface area (Å²) in [7, 11) is 0. The molecule has 0 saturated carbocycles. The third kappa shape index (κ3) is 2.18. The van der Waals surface area contributed by atoms with Crippen molar-refractivity contribution in [2.45, 2.75) is 0 Å². The Morgan fingerprint density at radius 2 is 1.75 bits per heavy atom. The summed E-state index contributed by atoms with van der Waals surface area (Å²) < 4.78 is 0. The Morgan fingerprint density at radius 1 is 1.00 bits per heavy atom. The number of halogens is 2. The van der Waals surface area contributed by atoms with E-state index in [9.17, 15) is 9.59 Å². The molecule has 0 amide bonds. The molecule has 1 aromatic carbocycles. The molecule has 2 N–H and O–H groups in total. The number of hydrogen-bond donors (Lipinski definition) is 2. The van der Waals surface area contributed by atoms with Crippen molar-refractivity contribution in [3.8, 4) is 11.3 Å². The van der Waals surface area contributed by atoms with E-state index in [0.29, 0.717) is 21.3 Å². The second-order valence-electron chi connectivity index (χ2n) is 3.13. The van der Waals surface area contributed by atoms with Crippen LogP contribution in [0.1, 0.15) is 0 Å². The molecule has 4 nitrogen and oxygen atoms in total. The van der Waals surface area contributed by atoms with Crippen LogP contribution in [0.2, 0.25) is 10.0 Å². The first-order chi connectivity index (χ1) is 7.56. The van der Waals surface area contributed by atoms with Gasteiger partial charge in [0.05, 0.1) is 10.7 Å². The fourth-order valence-corrected chi connectivity index (χ4v) is 1.83. The Balaban J connectivity index is 2.67. The highest BCUT2D eigenvalue weighted by molar-refractivity contribution is 6.36. The SMILES string of the molecule is O=c1cc(-c2ccc(Cl)cc2Cl)[nH]c(=O)[nH]1. The fraction of sp³-hybridized carbons (Fsp3) is 0. The molecule has 2 aromatic rings. The van der Waals surface area contributed by atoms with Gasteiger partial charge in [-0.2, -0.15) is 0 Å². The van der Waals surface area contributed by atoms with Crippen molar-refractivity contribution < 1.29 is 0 Å². The summed E-state index contributed by atoms with van der Waals surface area (Å²) in [5.74, 6) is 0. The molecule has 1 heterocycles. The van der Waals surface area contributed by atoms with E-state index in [4.69, 9.17) is 23.2 Å². The lowest BCUT2D eigenvalue weighted by atomic mass is 10.1. The van der Waals surface area contributed by atoms with Gasteiger partial charge in [0.2, 0.25) is 0 Å². The topological polar surface area (TPSA) is 65.7 Å². The minimum Gasteiger partial charge on any atom is -0.307 e. The maximum Gasteiger partial charge on any atom is 0.326 e. The van der Waals surface area contributed by atoms with Crippen LogP contribution in [0, 0.1) is 0 Å². The van der Waals surface area contributed by atoms with Crippen molar-refractivity contribution in [3.63, 3.8) is 0 Å². The Bertz CT molecular complexity index is 618. The lowest BCUT2D eigenvalue weighted by Gasteiger charge is -2.03. The molecule has 16 heavy (non-hydrogen) atoms. The summed E-state index contributed by atoms with van der Waals surface area (Å²) in [5.41, 5.74) is -0.150. The van der Waals surface area contributed by atoms with Gasteiger partial charge in [0.25, 0.3) is 5.56 Å². The van der Waals surface area contributed by atoms with E-state index >= 15 is 0 Å². The molecule has 0 radical (unpaired) electrons. The third-order valence-corrected chi connectivity index (χ3v) is 2.53. The van der Waals surface area contributed by atoms with E-state index < -0.39 is 11.2 Å². The summed E-state index contributed by atoms with van der Waals surface area (Å²) >= 11 is 11.7. The molecular weight excluding hydrogens is 251 g/mol. The maximum atomic E-state index is 11.1. The number of H-pyrrole nitrogens is 2. The van der Waals surface area contributed by atoms with E-state index in [0.717, 1.165) is 0 Å². The minimum atomic E-state index is -0.575. The zero-order valence-corrected chi connectivity index (χ0v) is 9.39. The van der Waals surface area contributed by atoms with Gasteiger partial charge in [-0.3, -0.25) is 9.78 Å². The molecule has 1 aromatic heterocycles. The largest absolute Gasteiger partial charge is 0.326 e. The number of nitrogens with one attached hydrogen (secondary N) is 2. The Hall–Kier alpha value is -1.52. The van der Waals surface area contributed by atoms with Crippen LogP contribution in [0.25, 0.3) is 11.3 Å². The van der Waals surface area contributed by atoms with Crippen LogP contribution >= 0.6 is 23.2 Å². The van der Waals surface area contributed by atoms with Gasteiger partial charge in [0.1, 0.15) is 0 Å². The summed E-state index contributed by atoms with van der Waals surface area (Å²) in [6.07, 6.45) is 0. The van der Waals surface area contributed by atoms with Gasteiger partial charge in [-0.1, -0.05) is 23.2 Å². The highest BCUT2D eigenvalue weighted by Crippen LogP contribution is 2.27. The molecule has 0 saturated heterocycles. The van der Waals surface area contributed by atoms with Crippen LogP contribution in [-0.4, -0.2) is 9.97 Å². The van der Waals surface area contributed by atoms with Gasteiger partial charge < -0.3 is 4.98 Å². The lowest BCUT2D eigenvalue weighted by Crippen LogP contribution is -2.21. The molecule has 0 atom stereocenters. The van der Waals surface area contributed by atoms with Crippen molar-refractivity contribution in [2.24, 2.45) is 0 Å². The molecule has 0 aliphatic rings. The molecule has 0 fully saturated rings. The molecule has 6 heteroatoms. The first-order valence-electron chi connectivity index (χ1n) is 4.35. The zero-order chi connectivity index (χ0) is 11.7. The van der Waals surface area contributed by atoms with Crippen LogP contribution in [0.4, 0.5) is 0 Å². The molecule has 0 aliphatic carbocycles. The molecular formula is C10H6Cl2N2O2. The highest BCUT2D eigenvalue weighted by atomic mass is 35.5. The highest BCUT2D eigenvalue weighted by Gasteiger charge is 2.05. The first-order valence-corrected chi connectivity index (χ1v) is 5.11. The van der Waals surface area contributed by atoms with E-state index in [-0.39, 0.29) is 0 Å². The molecule has 0 bridgehead atoms. The monoisotopic (exact) mass is 256 g/mol. The van der Waals surface area contributed by atoms with Gasteiger partial charge in [0, 0.05) is 16.7 Å². The number of benzene rings is 1. The number of aromatic amines is 2. The summed E-state index contributed by atoms with van der Waals surface area (Å²) in [4.78, 5) is 26.8. The van der Waals surface area contributed by atoms with E-state index in [2.05, 4.69) is 9.97 Å². The third-order valence-electron chi connectivity index (χ3n) is 1.98.